The van der Waals surface area contributed by atoms with Crippen LogP contribution in [0.5, 0.6) is 0 Å². The predicted octanol–water partition coefficient (Wildman–Crippen LogP) is 5.02. The van der Waals surface area contributed by atoms with Gasteiger partial charge in [0.1, 0.15) is 6.10 Å². The van der Waals surface area contributed by atoms with Gasteiger partial charge >= 0.3 is 0 Å². The average Bonchev–Trinajstić information content (AvgIpc) is 2.26. The van der Waals surface area contributed by atoms with Crippen molar-refractivity contribution < 1.29 is 9.16 Å². The number of ether oxygens (including phenoxy) is 1. The van der Waals surface area contributed by atoms with Gasteiger partial charge in [-0.15, -0.1) is 6.58 Å². The topological polar surface area (TPSA) is 18.5 Å². The lowest BCUT2D eigenvalue weighted by Gasteiger charge is -2.42. The summed E-state index contributed by atoms with van der Waals surface area (Å²) >= 11 is 3.62. The SMILES string of the molecule is C=CCO[C@@H]1C(Br)=CCC[C@@H]1O[Si](C)(C)C(C)(C)C. The van der Waals surface area contributed by atoms with Crippen LogP contribution in [0.3, 0.4) is 0 Å². The zero-order valence-corrected chi connectivity index (χ0v) is 15.4. The summed E-state index contributed by atoms with van der Waals surface area (Å²) in [6.07, 6.45) is 6.23. The molecule has 0 bridgehead atoms. The number of allylic oxidation sites excluding steroid dienone is 1. The van der Waals surface area contributed by atoms with Gasteiger partial charge in [0, 0.05) is 4.48 Å². The minimum absolute atomic E-state index is 0.0147. The lowest BCUT2D eigenvalue weighted by atomic mass is 10.0. The molecule has 0 saturated heterocycles. The molecule has 0 amide bonds. The Labute approximate surface area is 127 Å². The van der Waals surface area contributed by atoms with Gasteiger partial charge in [-0.2, -0.15) is 0 Å². The molecule has 19 heavy (non-hydrogen) atoms. The maximum absolute atomic E-state index is 6.53. The van der Waals surface area contributed by atoms with Crippen molar-refractivity contribution in [2.24, 2.45) is 0 Å². The summed E-state index contributed by atoms with van der Waals surface area (Å²) < 4.78 is 13.5. The number of halogens is 1. The van der Waals surface area contributed by atoms with Gasteiger partial charge in [0.15, 0.2) is 8.32 Å². The van der Waals surface area contributed by atoms with Crippen molar-refractivity contribution in [1.82, 2.24) is 0 Å². The van der Waals surface area contributed by atoms with E-state index in [1.54, 1.807) is 6.08 Å². The molecule has 2 nitrogen and oxygen atoms in total. The Morgan fingerprint density at radius 3 is 2.63 bits per heavy atom. The molecule has 0 unspecified atom stereocenters. The highest BCUT2D eigenvalue weighted by atomic mass is 79.9. The van der Waals surface area contributed by atoms with E-state index < -0.39 is 8.32 Å². The summed E-state index contributed by atoms with van der Waals surface area (Å²) in [5.41, 5.74) is 0. The third-order valence-corrected chi connectivity index (χ3v) is 9.33. The molecule has 2 atom stereocenters. The zero-order chi connectivity index (χ0) is 14.7. The molecule has 0 aliphatic heterocycles. The Balaban J connectivity index is 2.80. The molecule has 110 valence electrons. The van der Waals surface area contributed by atoms with E-state index in [1.165, 1.54) is 0 Å². The summed E-state index contributed by atoms with van der Waals surface area (Å²) in [6.45, 7) is 15.7. The third-order valence-electron chi connectivity index (χ3n) is 4.05. The Morgan fingerprint density at radius 1 is 1.47 bits per heavy atom. The maximum atomic E-state index is 6.53. The van der Waals surface area contributed by atoms with Crippen molar-refractivity contribution in [3.05, 3.63) is 23.2 Å². The smallest absolute Gasteiger partial charge is 0.192 e. The highest BCUT2D eigenvalue weighted by Gasteiger charge is 2.41. The van der Waals surface area contributed by atoms with Gasteiger partial charge in [0.25, 0.3) is 0 Å². The van der Waals surface area contributed by atoms with Gasteiger partial charge in [0.2, 0.25) is 0 Å². The number of hydrogen-bond donors (Lipinski definition) is 0. The van der Waals surface area contributed by atoms with Crippen LogP contribution in [0.1, 0.15) is 33.6 Å². The van der Waals surface area contributed by atoms with Crippen LogP contribution in [0.15, 0.2) is 23.2 Å². The Hall–Kier alpha value is 0.0969. The van der Waals surface area contributed by atoms with Crippen molar-refractivity contribution in [3.63, 3.8) is 0 Å². The van der Waals surface area contributed by atoms with E-state index in [1.807, 2.05) is 0 Å². The summed E-state index contributed by atoms with van der Waals surface area (Å²) in [5, 5.41) is 0.226. The van der Waals surface area contributed by atoms with Crippen LogP contribution in [0.2, 0.25) is 18.1 Å². The van der Waals surface area contributed by atoms with E-state index in [0.29, 0.717) is 6.61 Å². The first-order chi connectivity index (χ1) is 8.69. The van der Waals surface area contributed by atoms with Gasteiger partial charge < -0.3 is 9.16 Å². The van der Waals surface area contributed by atoms with Crippen LogP contribution in [0.25, 0.3) is 0 Å². The zero-order valence-electron chi connectivity index (χ0n) is 12.8. The lowest BCUT2D eigenvalue weighted by molar-refractivity contribution is -0.000838. The molecule has 0 aromatic carbocycles. The van der Waals surface area contributed by atoms with Crippen molar-refractivity contribution >= 4 is 24.2 Å². The molecule has 4 heteroatoms. The molecule has 1 rings (SSSR count). The monoisotopic (exact) mass is 346 g/mol. The predicted molar refractivity (Wildman–Crippen MR) is 88.3 cm³/mol. The first kappa shape index (κ1) is 17.1. The van der Waals surface area contributed by atoms with Gasteiger partial charge in [-0.05, 0) is 31.0 Å². The van der Waals surface area contributed by atoms with E-state index in [4.69, 9.17) is 9.16 Å². The second-order valence-corrected chi connectivity index (χ2v) is 12.3. The highest BCUT2D eigenvalue weighted by Crippen LogP contribution is 2.40. The lowest BCUT2D eigenvalue weighted by Crippen LogP contribution is -2.48. The molecule has 0 N–H and O–H groups in total. The van der Waals surface area contributed by atoms with Crippen LogP contribution in [-0.2, 0) is 9.16 Å². The summed E-state index contributed by atoms with van der Waals surface area (Å²) in [6, 6.07) is 0. The molecule has 0 aromatic heterocycles. The average molecular weight is 347 g/mol. The van der Waals surface area contributed by atoms with Gasteiger partial charge in [-0.1, -0.05) is 48.9 Å². The second kappa shape index (κ2) is 6.70. The van der Waals surface area contributed by atoms with E-state index in [-0.39, 0.29) is 17.2 Å². The van der Waals surface area contributed by atoms with Gasteiger partial charge in [-0.25, -0.2) is 0 Å². The van der Waals surface area contributed by atoms with Crippen molar-refractivity contribution in [3.8, 4) is 0 Å². The molecular formula is C15H27BrO2Si. The fraction of sp³-hybridized carbons (Fsp3) is 0.733. The molecular weight excluding hydrogens is 320 g/mol. The largest absolute Gasteiger partial charge is 0.411 e. The van der Waals surface area contributed by atoms with E-state index in [9.17, 15) is 0 Å². The Morgan fingerprint density at radius 2 is 2.11 bits per heavy atom. The van der Waals surface area contributed by atoms with E-state index >= 15 is 0 Å². The second-order valence-electron chi connectivity index (χ2n) is 6.63. The van der Waals surface area contributed by atoms with Crippen LogP contribution >= 0.6 is 15.9 Å². The first-order valence-electron chi connectivity index (χ1n) is 6.95. The van der Waals surface area contributed by atoms with Crippen molar-refractivity contribution in [1.29, 1.82) is 0 Å². The summed E-state index contributed by atoms with van der Waals surface area (Å²) in [5.74, 6) is 0. The maximum Gasteiger partial charge on any atom is 0.192 e. The molecule has 1 aliphatic carbocycles. The molecule has 0 aromatic rings. The summed E-state index contributed by atoms with van der Waals surface area (Å²) in [4.78, 5) is 0. The van der Waals surface area contributed by atoms with E-state index in [0.717, 1.165) is 17.3 Å². The van der Waals surface area contributed by atoms with Gasteiger partial charge in [0.05, 0.1) is 12.7 Å². The molecule has 0 spiro atoms. The fourth-order valence-corrected chi connectivity index (χ4v) is 3.87. The van der Waals surface area contributed by atoms with Crippen LogP contribution < -0.4 is 0 Å². The van der Waals surface area contributed by atoms with Gasteiger partial charge in [-0.3, -0.25) is 0 Å². The highest BCUT2D eigenvalue weighted by molar-refractivity contribution is 9.11. The summed E-state index contributed by atoms with van der Waals surface area (Å²) in [7, 11) is -1.76. The minimum atomic E-state index is -1.76. The minimum Gasteiger partial charge on any atom is -0.411 e. The molecule has 1 aliphatic rings. The van der Waals surface area contributed by atoms with Crippen LogP contribution in [0.4, 0.5) is 0 Å². The van der Waals surface area contributed by atoms with Crippen molar-refractivity contribution in [2.45, 2.75) is 64.0 Å². The van der Waals surface area contributed by atoms with Crippen molar-refractivity contribution in [2.75, 3.05) is 6.61 Å². The molecule has 0 fully saturated rings. The fourth-order valence-electron chi connectivity index (χ4n) is 1.87. The molecule has 0 heterocycles. The Kier molecular flexibility index (Phi) is 6.05. The number of hydrogen-bond acceptors (Lipinski definition) is 2. The quantitative estimate of drug-likeness (QED) is 0.513. The number of rotatable bonds is 5. The standard InChI is InChI=1S/C15H27BrO2Si/c1-7-11-17-14-12(16)9-8-10-13(14)18-19(5,6)15(2,3)4/h7,9,13-14H,1,8,10-11H2,2-6H3/t13-,14+/m0/s1. The van der Waals surface area contributed by atoms with Crippen LogP contribution in [0, 0.1) is 0 Å². The normalized spacial score (nSPS) is 25.1. The molecule has 0 radical (unpaired) electrons. The first-order valence-corrected chi connectivity index (χ1v) is 10.6. The third kappa shape index (κ3) is 4.55. The van der Waals surface area contributed by atoms with E-state index in [2.05, 4.69) is 62.5 Å². The molecule has 0 saturated carbocycles. The van der Waals surface area contributed by atoms with Crippen LogP contribution in [-0.4, -0.2) is 27.1 Å². The Bertz CT molecular complexity index is 345.